The van der Waals surface area contributed by atoms with Crippen LogP contribution in [0.1, 0.15) is 66.7 Å². The van der Waals surface area contributed by atoms with Crippen molar-refractivity contribution < 1.29 is 0 Å². The van der Waals surface area contributed by atoms with E-state index in [-0.39, 0.29) is 0 Å². The van der Waals surface area contributed by atoms with Crippen molar-refractivity contribution in [1.29, 1.82) is 0 Å². The van der Waals surface area contributed by atoms with Crippen LogP contribution in [-0.2, 0) is 0 Å². The maximum atomic E-state index is 6.09. The Balaban J connectivity index is 4.93. The molecule has 0 spiro atoms. The minimum Gasteiger partial charge on any atom is -0.402 e. The van der Waals surface area contributed by atoms with Crippen molar-refractivity contribution >= 4 is 0 Å². The van der Waals surface area contributed by atoms with Gasteiger partial charge in [0.2, 0.25) is 0 Å². The highest BCUT2D eigenvalue weighted by Crippen LogP contribution is 2.23. The summed E-state index contributed by atoms with van der Waals surface area (Å²) in [5.41, 5.74) is 10.8. The predicted octanol–water partition coefficient (Wildman–Crippen LogP) is 5.90. The first-order valence-electron chi connectivity index (χ1n) is 7.85. The second-order valence-corrected chi connectivity index (χ2v) is 5.84. The average molecular weight is 275 g/mol. The molecule has 0 aromatic rings. The molecule has 0 bridgehead atoms. The molecule has 0 aliphatic heterocycles. The summed E-state index contributed by atoms with van der Waals surface area (Å²) in [7, 11) is 0. The molecule has 0 aliphatic carbocycles. The number of rotatable bonds is 9. The lowest BCUT2D eigenvalue weighted by Crippen LogP contribution is -2.02. The smallest absolute Gasteiger partial charge is 0.0128 e. The molecule has 1 atom stereocenters. The zero-order valence-corrected chi connectivity index (χ0v) is 14.1. The molecule has 1 heteroatoms. The molecule has 0 heterocycles. The van der Waals surface area contributed by atoms with Crippen molar-refractivity contribution in [2.24, 2.45) is 11.7 Å². The van der Waals surface area contributed by atoms with Crippen molar-refractivity contribution in [1.82, 2.24) is 0 Å². The fourth-order valence-corrected chi connectivity index (χ4v) is 2.42. The predicted molar refractivity (Wildman–Crippen MR) is 92.5 cm³/mol. The van der Waals surface area contributed by atoms with E-state index in [1.54, 1.807) is 0 Å². The summed E-state index contributed by atoms with van der Waals surface area (Å²) in [6, 6.07) is 0. The Bertz CT molecular complexity index is 379. The first-order chi connectivity index (χ1) is 9.43. The third kappa shape index (κ3) is 7.37. The molecule has 0 saturated carbocycles. The van der Waals surface area contributed by atoms with E-state index >= 15 is 0 Å². The number of nitrogens with two attached hydrogens (primary N) is 1. The van der Waals surface area contributed by atoms with Crippen LogP contribution in [0.2, 0.25) is 0 Å². The van der Waals surface area contributed by atoms with Crippen LogP contribution in [0.5, 0.6) is 0 Å². The van der Waals surface area contributed by atoms with E-state index in [2.05, 4.69) is 46.4 Å². The van der Waals surface area contributed by atoms with Gasteiger partial charge in [-0.1, -0.05) is 44.9 Å². The minimum atomic E-state index is 0.645. The molecular weight excluding hydrogens is 242 g/mol. The van der Waals surface area contributed by atoms with Gasteiger partial charge in [-0.25, -0.2) is 0 Å². The molecule has 0 aliphatic rings. The van der Waals surface area contributed by atoms with Gasteiger partial charge in [0.05, 0.1) is 0 Å². The van der Waals surface area contributed by atoms with Crippen LogP contribution in [-0.4, -0.2) is 0 Å². The normalized spacial score (nSPS) is 15.8. The Labute approximate surface area is 126 Å². The summed E-state index contributed by atoms with van der Waals surface area (Å²) in [6.45, 7) is 14.6. The number of hydrogen-bond donors (Lipinski definition) is 1. The zero-order valence-electron chi connectivity index (χ0n) is 14.1. The van der Waals surface area contributed by atoms with Crippen LogP contribution in [0.25, 0.3) is 0 Å². The van der Waals surface area contributed by atoms with Crippen LogP contribution in [0.15, 0.2) is 47.2 Å². The van der Waals surface area contributed by atoms with E-state index in [1.807, 2.05) is 13.0 Å². The van der Waals surface area contributed by atoms with Gasteiger partial charge in [0, 0.05) is 5.70 Å². The Morgan fingerprint density at radius 2 is 1.70 bits per heavy atom. The van der Waals surface area contributed by atoms with E-state index in [0.29, 0.717) is 5.92 Å². The SMILES string of the molecule is C=CCC(C)C/C=C(C)/C(C(/C)=C\CCCC)=C(/C)N. The van der Waals surface area contributed by atoms with Crippen LogP contribution >= 0.6 is 0 Å². The van der Waals surface area contributed by atoms with Gasteiger partial charge >= 0.3 is 0 Å². The highest BCUT2D eigenvalue weighted by atomic mass is 14.6. The summed E-state index contributed by atoms with van der Waals surface area (Å²) in [5.74, 6) is 0.645. The molecule has 0 saturated heterocycles. The van der Waals surface area contributed by atoms with Crippen molar-refractivity contribution in [2.75, 3.05) is 0 Å². The summed E-state index contributed by atoms with van der Waals surface area (Å²) < 4.78 is 0. The Hall–Kier alpha value is -1.24. The van der Waals surface area contributed by atoms with Crippen LogP contribution in [0.4, 0.5) is 0 Å². The first kappa shape index (κ1) is 18.8. The van der Waals surface area contributed by atoms with Gasteiger partial charge in [0.15, 0.2) is 0 Å². The second kappa shape index (κ2) is 10.5. The Morgan fingerprint density at radius 3 is 2.20 bits per heavy atom. The molecule has 20 heavy (non-hydrogen) atoms. The maximum absolute atomic E-state index is 6.09. The second-order valence-electron chi connectivity index (χ2n) is 5.84. The highest BCUT2D eigenvalue weighted by molar-refractivity contribution is 5.46. The quantitative estimate of drug-likeness (QED) is 0.316. The minimum absolute atomic E-state index is 0.645. The van der Waals surface area contributed by atoms with Crippen molar-refractivity contribution in [3.05, 3.63) is 47.2 Å². The zero-order chi connectivity index (χ0) is 15.5. The summed E-state index contributed by atoms with van der Waals surface area (Å²) >= 11 is 0. The molecule has 114 valence electrons. The van der Waals surface area contributed by atoms with Gasteiger partial charge in [0.25, 0.3) is 0 Å². The standard InChI is InChI=1S/C19H33N/c1-7-9-10-12-16(4)19(18(6)20)17(5)14-13-15(3)11-8-2/h8,12,14-15H,2,7,9-11,13,20H2,1,3-6H3/b16-12-,17-14+,19-18-. The largest absolute Gasteiger partial charge is 0.402 e. The molecule has 0 rings (SSSR count). The topological polar surface area (TPSA) is 26.0 Å². The van der Waals surface area contributed by atoms with Gasteiger partial charge in [-0.2, -0.15) is 0 Å². The van der Waals surface area contributed by atoms with Gasteiger partial charge < -0.3 is 5.73 Å². The first-order valence-corrected chi connectivity index (χ1v) is 7.85. The van der Waals surface area contributed by atoms with Crippen molar-refractivity contribution in [3.63, 3.8) is 0 Å². The van der Waals surface area contributed by atoms with Crippen molar-refractivity contribution in [3.8, 4) is 0 Å². The number of allylic oxidation sites excluding steroid dienone is 7. The average Bonchev–Trinajstić information content (AvgIpc) is 2.37. The molecule has 1 unspecified atom stereocenters. The third-order valence-electron chi connectivity index (χ3n) is 3.59. The fraction of sp³-hybridized carbons (Fsp3) is 0.579. The lowest BCUT2D eigenvalue weighted by molar-refractivity contribution is 0.602. The van der Waals surface area contributed by atoms with Gasteiger partial charge in [0.1, 0.15) is 0 Å². The third-order valence-corrected chi connectivity index (χ3v) is 3.59. The van der Waals surface area contributed by atoms with Gasteiger partial charge in [-0.05, 0) is 62.7 Å². The molecule has 0 aromatic carbocycles. The highest BCUT2D eigenvalue weighted by Gasteiger charge is 2.06. The molecule has 0 radical (unpaired) electrons. The summed E-state index contributed by atoms with van der Waals surface area (Å²) in [6.07, 6.45) is 12.4. The van der Waals surface area contributed by atoms with E-state index in [4.69, 9.17) is 5.73 Å². The molecular formula is C19H33N. The molecule has 0 fully saturated rings. The number of unbranched alkanes of at least 4 members (excludes halogenated alkanes) is 2. The van der Waals surface area contributed by atoms with E-state index in [9.17, 15) is 0 Å². The van der Waals surface area contributed by atoms with Crippen LogP contribution in [0.3, 0.4) is 0 Å². The van der Waals surface area contributed by atoms with E-state index < -0.39 is 0 Å². The van der Waals surface area contributed by atoms with Gasteiger partial charge in [-0.3, -0.25) is 0 Å². The maximum Gasteiger partial charge on any atom is 0.0128 e. The molecule has 0 aromatic heterocycles. The molecule has 0 amide bonds. The van der Waals surface area contributed by atoms with Crippen LogP contribution < -0.4 is 5.73 Å². The van der Waals surface area contributed by atoms with Crippen LogP contribution in [0, 0.1) is 5.92 Å². The lowest BCUT2D eigenvalue weighted by Gasteiger charge is -2.13. The molecule has 2 N–H and O–H groups in total. The van der Waals surface area contributed by atoms with E-state index in [1.165, 1.54) is 29.6 Å². The number of hydrogen-bond acceptors (Lipinski definition) is 1. The van der Waals surface area contributed by atoms with Crippen molar-refractivity contribution in [2.45, 2.75) is 66.7 Å². The van der Waals surface area contributed by atoms with E-state index in [0.717, 1.165) is 25.0 Å². The Kier molecular flexibility index (Phi) is 9.88. The lowest BCUT2D eigenvalue weighted by atomic mass is 9.94. The molecule has 1 nitrogen and oxygen atoms in total. The fourth-order valence-electron chi connectivity index (χ4n) is 2.42. The summed E-state index contributed by atoms with van der Waals surface area (Å²) in [4.78, 5) is 0. The monoisotopic (exact) mass is 275 g/mol. The Morgan fingerprint density at radius 1 is 1.10 bits per heavy atom. The van der Waals surface area contributed by atoms with Gasteiger partial charge in [-0.15, -0.1) is 6.58 Å². The summed E-state index contributed by atoms with van der Waals surface area (Å²) in [5, 5.41) is 0.